The fourth-order valence-electron chi connectivity index (χ4n) is 1.75. The third kappa shape index (κ3) is 3.82. The highest BCUT2D eigenvalue weighted by atomic mass is 35.5. The van der Waals surface area contributed by atoms with Gasteiger partial charge in [-0.15, -0.1) is 11.3 Å². The van der Waals surface area contributed by atoms with Crippen LogP contribution < -0.4 is 10.6 Å². The maximum atomic E-state index is 12.0. The molecule has 108 valence electrons. The molecule has 2 atom stereocenters. The number of thiophene rings is 1. The molecule has 0 aliphatic carbocycles. The minimum Gasteiger partial charge on any atom is -0.338 e. The van der Waals surface area contributed by atoms with Crippen molar-refractivity contribution in [3.05, 3.63) is 33.1 Å². The fraction of sp³-hybridized carbons (Fsp3) is 0.385. The summed E-state index contributed by atoms with van der Waals surface area (Å²) in [6, 6.07) is 5.16. The van der Waals surface area contributed by atoms with E-state index in [1.807, 2.05) is 19.1 Å². The lowest BCUT2D eigenvalue weighted by atomic mass is 10.2. The first-order valence-electron chi connectivity index (χ1n) is 6.21. The lowest BCUT2D eigenvalue weighted by molar-refractivity contribution is -0.118. The summed E-state index contributed by atoms with van der Waals surface area (Å²) in [5, 5.41) is 9.60. The Balaban J connectivity index is 1.90. The van der Waals surface area contributed by atoms with E-state index in [0.717, 1.165) is 14.9 Å². The van der Waals surface area contributed by atoms with Crippen molar-refractivity contribution in [3.63, 3.8) is 0 Å². The minimum absolute atomic E-state index is 0.0460. The molecule has 2 unspecified atom stereocenters. The van der Waals surface area contributed by atoms with E-state index in [1.165, 1.54) is 11.3 Å². The Bertz CT molecular complexity index is 596. The maximum absolute atomic E-state index is 12.0. The molecule has 20 heavy (non-hydrogen) atoms. The summed E-state index contributed by atoms with van der Waals surface area (Å²) >= 11 is 7.40. The molecule has 0 aliphatic rings. The lowest BCUT2D eigenvalue weighted by Gasteiger charge is -2.17. The predicted molar refractivity (Wildman–Crippen MR) is 80.2 cm³/mol. The van der Waals surface area contributed by atoms with Crippen molar-refractivity contribution in [2.45, 2.75) is 32.9 Å². The van der Waals surface area contributed by atoms with E-state index in [0.29, 0.717) is 5.88 Å². The van der Waals surface area contributed by atoms with E-state index < -0.39 is 0 Å². The van der Waals surface area contributed by atoms with Gasteiger partial charge >= 0.3 is 0 Å². The van der Waals surface area contributed by atoms with Crippen molar-refractivity contribution in [2.75, 3.05) is 5.32 Å². The molecule has 5 nitrogen and oxygen atoms in total. The number of amides is 1. The largest absolute Gasteiger partial charge is 0.338 e. The fourth-order valence-corrected chi connectivity index (χ4v) is 2.82. The maximum Gasteiger partial charge on any atom is 0.243 e. The van der Waals surface area contributed by atoms with Crippen molar-refractivity contribution in [1.29, 1.82) is 0 Å². The van der Waals surface area contributed by atoms with E-state index in [4.69, 9.17) is 16.1 Å². The van der Waals surface area contributed by atoms with Crippen LogP contribution in [0.15, 0.2) is 22.7 Å². The van der Waals surface area contributed by atoms with Crippen LogP contribution >= 0.6 is 22.9 Å². The lowest BCUT2D eigenvalue weighted by Crippen LogP contribution is -2.39. The molecule has 0 aromatic carbocycles. The average Bonchev–Trinajstić information content (AvgIpc) is 2.98. The third-order valence-corrected chi connectivity index (χ3v) is 4.20. The normalized spacial score (nSPS) is 14.0. The topological polar surface area (TPSA) is 67.2 Å². The van der Waals surface area contributed by atoms with Crippen LogP contribution in [0.2, 0.25) is 4.34 Å². The van der Waals surface area contributed by atoms with Gasteiger partial charge in [0.1, 0.15) is 0 Å². The van der Waals surface area contributed by atoms with Crippen molar-refractivity contribution in [1.82, 2.24) is 10.5 Å². The highest BCUT2D eigenvalue weighted by Crippen LogP contribution is 2.26. The van der Waals surface area contributed by atoms with Gasteiger partial charge in [0.2, 0.25) is 11.8 Å². The Kier molecular flexibility index (Phi) is 4.80. The molecular formula is C13H16ClN3O2S. The van der Waals surface area contributed by atoms with Gasteiger partial charge in [-0.2, -0.15) is 0 Å². The summed E-state index contributed by atoms with van der Waals surface area (Å²) in [5.41, 5.74) is 0.725. The molecule has 1 amide bonds. The zero-order valence-electron chi connectivity index (χ0n) is 11.4. The minimum atomic E-state index is -0.365. The van der Waals surface area contributed by atoms with Crippen LogP contribution in [-0.2, 0) is 4.79 Å². The second kappa shape index (κ2) is 6.39. The molecule has 0 fully saturated rings. The summed E-state index contributed by atoms with van der Waals surface area (Å²) in [6.45, 7) is 5.58. The molecular weight excluding hydrogens is 298 g/mol. The summed E-state index contributed by atoms with van der Waals surface area (Å²) in [6.07, 6.45) is 0. The summed E-state index contributed by atoms with van der Waals surface area (Å²) < 4.78 is 5.69. The van der Waals surface area contributed by atoms with Gasteiger partial charge in [0.05, 0.1) is 16.1 Å². The molecule has 0 spiro atoms. The quantitative estimate of drug-likeness (QED) is 0.888. The van der Waals surface area contributed by atoms with Gasteiger partial charge in [-0.3, -0.25) is 15.4 Å². The van der Waals surface area contributed by atoms with E-state index in [9.17, 15) is 4.79 Å². The summed E-state index contributed by atoms with van der Waals surface area (Å²) in [5.74, 6) is 0.184. The molecule has 2 aromatic rings. The number of carbonyl (C=O) groups excluding carboxylic acids is 1. The number of aryl methyl sites for hydroxylation is 1. The van der Waals surface area contributed by atoms with E-state index >= 15 is 0 Å². The van der Waals surface area contributed by atoms with Gasteiger partial charge in [0.15, 0.2) is 0 Å². The van der Waals surface area contributed by atoms with Crippen LogP contribution in [0, 0.1) is 6.92 Å². The van der Waals surface area contributed by atoms with Crippen LogP contribution in [0.25, 0.3) is 0 Å². The molecule has 7 heteroatoms. The van der Waals surface area contributed by atoms with Crippen molar-refractivity contribution in [2.24, 2.45) is 0 Å². The second-order valence-electron chi connectivity index (χ2n) is 4.57. The standard InChI is InChI=1S/C13H16ClN3O2S/c1-7-6-12(19-17-7)16-13(18)9(3)15-8(2)10-4-5-11(14)20-10/h4-6,8-9,15H,1-3H3,(H,16,18). The Labute approximate surface area is 126 Å². The Morgan fingerprint density at radius 2 is 2.20 bits per heavy atom. The predicted octanol–water partition coefficient (Wildman–Crippen LogP) is 3.38. The van der Waals surface area contributed by atoms with Gasteiger partial charge < -0.3 is 4.52 Å². The number of hydrogen-bond acceptors (Lipinski definition) is 5. The highest BCUT2D eigenvalue weighted by Gasteiger charge is 2.18. The number of carbonyl (C=O) groups is 1. The zero-order valence-corrected chi connectivity index (χ0v) is 13.0. The van der Waals surface area contributed by atoms with Gasteiger partial charge in [-0.25, -0.2) is 0 Å². The van der Waals surface area contributed by atoms with Crippen LogP contribution in [0.5, 0.6) is 0 Å². The molecule has 0 bridgehead atoms. The molecule has 0 radical (unpaired) electrons. The van der Waals surface area contributed by atoms with Crippen molar-refractivity contribution in [3.8, 4) is 0 Å². The number of aromatic nitrogens is 1. The first kappa shape index (κ1) is 15.0. The van der Waals surface area contributed by atoms with Crippen molar-refractivity contribution >= 4 is 34.7 Å². The second-order valence-corrected chi connectivity index (χ2v) is 6.32. The van der Waals surface area contributed by atoms with Crippen molar-refractivity contribution < 1.29 is 9.32 Å². The highest BCUT2D eigenvalue weighted by molar-refractivity contribution is 7.16. The number of rotatable bonds is 5. The van der Waals surface area contributed by atoms with Crippen LogP contribution in [0.4, 0.5) is 5.88 Å². The first-order chi connectivity index (χ1) is 9.45. The smallest absolute Gasteiger partial charge is 0.243 e. The van der Waals surface area contributed by atoms with E-state index in [1.54, 1.807) is 19.9 Å². The summed E-state index contributed by atoms with van der Waals surface area (Å²) in [4.78, 5) is 13.1. The molecule has 0 saturated carbocycles. The third-order valence-electron chi connectivity index (χ3n) is 2.79. The Morgan fingerprint density at radius 1 is 1.45 bits per heavy atom. The van der Waals surface area contributed by atoms with E-state index in [-0.39, 0.29) is 18.0 Å². The zero-order chi connectivity index (χ0) is 14.7. The number of hydrogen-bond donors (Lipinski definition) is 2. The molecule has 0 saturated heterocycles. The van der Waals surface area contributed by atoms with Gasteiger partial charge in [0, 0.05) is 17.0 Å². The first-order valence-corrected chi connectivity index (χ1v) is 7.40. The Morgan fingerprint density at radius 3 is 2.75 bits per heavy atom. The molecule has 2 aromatic heterocycles. The molecule has 2 rings (SSSR count). The molecule has 2 heterocycles. The monoisotopic (exact) mass is 313 g/mol. The van der Waals surface area contributed by atoms with Crippen LogP contribution in [0.1, 0.15) is 30.5 Å². The van der Waals surface area contributed by atoms with Crippen LogP contribution in [-0.4, -0.2) is 17.1 Å². The number of anilines is 1. The van der Waals surface area contributed by atoms with Crippen LogP contribution in [0.3, 0.4) is 0 Å². The SMILES string of the molecule is Cc1cc(NC(=O)C(C)NC(C)c2ccc(Cl)s2)on1. The number of nitrogens with one attached hydrogen (secondary N) is 2. The van der Waals surface area contributed by atoms with E-state index in [2.05, 4.69) is 15.8 Å². The summed E-state index contributed by atoms with van der Waals surface area (Å²) in [7, 11) is 0. The average molecular weight is 314 g/mol. The number of nitrogens with zero attached hydrogens (tertiary/aromatic N) is 1. The number of halogens is 1. The van der Waals surface area contributed by atoms with Gasteiger partial charge in [0.25, 0.3) is 0 Å². The Hall–Kier alpha value is -1.37. The molecule has 2 N–H and O–H groups in total. The van der Waals surface area contributed by atoms with Gasteiger partial charge in [-0.1, -0.05) is 16.8 Å². The molecule has 0 aliphatic heterocycles. The van der Waals surface area contributed by atoms with Gasteiger partial charge in [-0.05, 0) is 32.9 Å².